The van der Waals surface area contributed by atoms with Crippen molar-refractivity contribution in [3.8, 4) is 0 Å². The SMILES string of the molecule is C=C[C@]1(COCc2ccccc2)C2=CC[C@@H](C)[C@]23C[C@@H](OC(=O)[C@@H]3OCOC)[C@]1(C)O. The molecule has 6 heteroatoms. The van der Waals surface area contributed by atoms with Crippen molar-refractivity contribution in [2.45, 2.75) is 51.1 Å². The van der Waals surface area contributed by atoms with Crippen LogP contribution in [0.3, 0.4) is 0 Å². The fourth-order valence-electron chi connectivity index (χ4n) is 5.87. The number of rotatable bonds is 8. The summed E-state index contributed by atoms with van der Waals surface area (Å²) in [6.45, 7) is 8.59. The molecule has 0 unspecified atom stereocenters. The Kier molecular flexibility index (Phi) is 5.85. The number of hydrogen-bond donors (Lipinski definition) is 1. The predicted molar refractivity (Wildman–Crippen MR) is 115 cm³/mol. The van der Waals surface area contributed by atoms with Crippen molar-refractivity contribution in [1.82, 2.24) is 0 Å². The van der Waals surface area contributed by atoms with Crippen LogP contribution in [0.1, 0.15) is 32.3 Å². The molecule has 2 bridgehead atoms. The fourth-order valence-corrected chi connectivity index (χ4v) is 5.87. The van der Waals surface area contributed by atoms with Crippen LogP contribution in [0.25, 0.3) is 0 Å². The first kappa shape index (κ1) is 22.2. The molecule has 4 rings (SSSR count). The molecule has 1 heterocycles. The summed E-state index contributed by atoms with van der Waals surface area (Å²) < 4.78 is 22.9. The third-order valence-corrected chi connectivity index (χ3v) is 7.67. The molecule has 1 spiro atoms. The zero-order valence-electron chi connectivity index (χ0n) is 18.5. The van der Waals surface area contributed by atoms with Crippen LogP contribution in [-0.2, 0) is 30.3 Å². The number of ether oxygens (including phenoxy) is 4. The van der Waals surface area contributed by atoms with Gasteiger partial charge in [0.15, 0.2) is 6.10 Å². The van der Waals surface area contributed by atoms with Crippen LogP contribution in [-0.4, -0.2) is 49.4 Å². The summed E-state index contributed by atoms with van der Waals surface area (Å²) in [4.78, 5) is 13.0. The number of hydrogen-bond acceptors (Lipinski definition) is 6. The lowest BCUT2D eigenvalue weighted by Gasteiger charge is -2.62. The van der Waals surface area contributed by atoms with Gasteiger partial charge < -0.3 is 24.1 Å². The lowest BCUT2D eigenvalue weighted by molar-refractivity contribution is -0.254. The van der Waals surface area contributed by atoms with Gasteiger partial charge in [-0.05, 0) is 30.4 Å². The molecular weight excluding hydrogens is 396 g/mol. The summed E-state index contributed by atoms with van der Waals surface area (Å²) in [6, 6.07) is 9.91. The molecule has 6 atom stereocenters. The van der Waals surface area contributed by atoms with E-state index in [9.17, 15) is 9.90 Å². The van der Waals surface area contributed by atoms with Crippen molar-refractivity contribution < 1.29 is 28.8 Å². The Balaban J connectivity index is 1.72. The Morgan fingerprint density at radius 2 is 2.06 bits per heavy atom. The van der Waals surface area contributed by atoms with E-state index in [4.69, 9.17) is 18.9 Å². The second kappa shape index (κ2) is 8.17. The first-order chi connectivity index (χ1) is 14.8. The van der Waals surface area contributed by atoms with Crippen LogP contribution < -0.4 is 0 Å². The smallest absolute Gasteiger partial charge is 0.336 e. The van der Waals surface area contributed by atoms with Gasteiger partial charge in [0, 0.05) is 18.9 Å². The van der Waals surface area contributed by atoms with Gasteiger partial charge in [-0.2, -0.15) is 0 Å². The van der Waals surface area contributed by atoms with Gasteiger partial charge >= 0.3 is 5.97 Å². The van der Waals surface area contributed by atoms with Crippen molar-refractivity contribution in [2.75, 3.05) is 20.5 Å². The normalized spacial score (nSPS) is 38.9. The summed E-state index contributed by atoms with van der Waals surface area (Å²) in [5.74, 6) is -0.305. The van der Waals surface area contributed by atoms with E-state index in [1.165, 1.54) is 7.11 Å². The molecule has 1 aromatic carbocycles. The number of methoxy groups -OCH3 is 1. The minimum Gasteiger partial charge on any atom is -0.457 e. The van der Waals surface area contributed by atoms with Crippen molar-refractivity contribution >= 4 is 5.97 Å². The van der Waals surface area contributed by atoms with Crippen molar-refractivity contribution in [2.24, 2.45) is 16.7 Å². The van der Waals surface area contributed by atoms with E-state index in [2.05, 4.69) is 19.6 Å². The number of carbonyl (C=O) groups is 1. The van der Waals surface area contributed by atoms with Crippen LogP contribution in [0.2, 0.25) is 0 Å². The summed E-state index contributed by atoms with van der Waals surface area (Å²) >= 11 is 0. The molecule has 168 valence electrons. The molecule has 0 amide bonds. The topological polar surface area (TPSA) is 74.2 Å². The van der Waals surface area contributed by atoms with E-state index in [1.807, 2.05) is 30.3 Å². The molecule has 1 aliphatic heterocycles. The Morgan fingerprint density at radius 3 is 2.74 bits per heavy atom. The number of carbonyl (C=O) groups excluding carboxylic acids is 1. The number of benzene rings is 1. The van der Waals surface area contributed by atoms with Gasteiger partial charge in [-0.1, -0.05) is 49.4 Å². The summed E-state index contributed by atoms with van der Waals surface area (Å²) in [7, 11) is 1.53. The molecule has 1 aromatic rings. The fraction of sp³-hybridized carbons (Fsp3) is 0.560. The molecule has 2 aliphatic carbocycles. The van der Waals surface area contributed by atoms with E-state index >= 15 is 0 Å². The van der Waals surface area contributed by atoms with Gasteiger partial charge in [0.2, 0.25) is 0 Å². The van der Waals surface area contributed by atoms with Crippen LogP contribution in [0, 0.1) is 16.7 Å². The number of fused-ring (bicyclic) bond motifs is 1. The van der Waals surface area contributed by atoms with Gasteiger partial charge in [0.1, 0.15) is 18.5 Å². The molecule has 1 N–H and O–H groups in total. The lowest BCUT2D eigenvalue weighted by Crippen LogP contribution is -2.71. The molecule has 1 saturated heterocycles. The number of allylic oxidation sites excluding steroid dienone is 1. The molecular formula is C25H32O6. The largest absolute Gasteiger partial charge is 0.457 e. The maximum atomic E-state index is 13.0. The van der Waals surface area contributed by atoms with Crippen LogP contribution in [0.15, 0.2) is 54.6 Å². The van der Waals surface area contributed by atoms with Crippen LogP contribution in [0.4, 0.5) is 0 Å². The maximum Gasteiger partial charge on any atom is 0.336 e. The standard InChI is InChI=1S/C25H32O6/c1-5-24(15-29-14-18-9-7-6-8-10-18)19-12-11-17(2)25(19)13-20(23(24,3)27)31-22(26)21(25)30-16-28-4/h5-10,12,17,20-21,27H,1,11,13-16H2,2-4H3/t17-,20-,21+,23+,24+,25-/m1/s1. The van der Waals surface area contributed by atoms with Crippen LogP contribution in [0.5, 0.6) is 0 Å². The van der Waals surface area contributed by atoms with E-state index in [-0.39, 0.29) is 19.3 Å². The average Bonchev–Trinajstić information content (AvgIpc) is 3.08. The summed E-state index contributed by atoms with van der Waals surface area (Å²) in [5, 5.41) is 11.8. The molecule has 6 nitrogen and oxygen atoms in total. The first-order valence-electron chi connectivity index (χ1n) is 10.8. The minimum absolute atomic E-state index is 0.00578. The zero-order chi connectivity index (χ0) is 22.3. The van der Waals surface area contributed by atoms with E-state index < -0.39 is 34.6 Å². The van der Waals surface area contributed by atoms with E-state index in [0.29, 0.717) is 13.0 Å². The number of aliphatic hydroxyl groups is 1. The average molecular weight is 429 g/mol. The quantitative estimate of drug-likeness (QED) is 0.389. The van der Waals surface area contributed by atoms with Gasteiger partial charge in [0.25, 0.3) is 0 Å². The second-order valence-electron chi connectivity index (χ2n) is 9.18. The third-order valence-electron chi connectivity index (χ3n) is 7.67. The van der Waals surface area contributed by atoms with Gasteiger partial charge in [0.05, 0.1) is 18.6 Å². The second-order valence-corrected chi connectivity index (χ2v) is 9.18. The van der Waals surface area contributed by atoms with Gasteiger partial charge in [-0.15, -0.1) is 6.58 Å². The van der Waals surface area contributed by atoms with Crippen LogP contribution >= 0.6 is 0 Å². The lowest BCUT2D eigenvalue weighted by atomic mass is 9.48. The highest BCUT2D eigenvalue weighted by molar-refractivity contribution is 5.79. The molecule has 0 radical (unpaired) electrons. The number of esters is 1. The van der Waals surface area contributed by atoms with Gasteiger partial charge in [-0.25, -0.2) is 4.79 Å². The summed E-state index contributed by atoms with van der Waals surface area (Å²) in [6.07, 6.45) is 3.73. The molecule has 31 heavy (non-hydrogen) atoms. The molecule has 3 aliphatic rings. The monoisotopic (exact) mass is 428 g/mol. The molecule has 0 aromatic heterocycles. The highest BCUT2D eigenvalue weighted by Gasteiger charge is 2.72. The first-order valence-corrected chi connectivity index (χ1v) is 10.8. The minimum atomic E-state index is -1.37. The van der Waals surface area contributed by atoms with E-state index in [0.717, 1.165) is 17.6 Å². The van der Waals surface area contributed by atoms with Gasteiger partial charge in [-0.3, -0.25) is 0 Å². The third kappa shape index (κ3) is 3.20. The molecule has 1 saturated carbocycles. The maximum absolute atomic E-state index is 13.0. The Hall–Kier alpha value is -1.99. The zero-order valence-corrected chi connectivity index (χ0v) is 18.5. The Morgan fingerprint density at radius 1 is 1.32 bits per heavy atom. The van der Waals surface area contributed by atoms with Crippen molar-refractivity contribution in [3.63, 3.8) is 0 Å². The Bertz CT molecular complexity index is 862. The predicted octanol–water partition coefficient (Wildman–Crippen LogP) is 3.40. The highest BCUT2D eigenvalue weighted by atomic mass is 16.7. The molecule has 2 fully saturated rings. The highest BCUT2D eigenvalue weighted by Crippen LogP contribution is 2.66. The Labute approximate surface area is 183 Å². The van der Waals surface area contributed by atoms with Crippen molar-refractivity contribution in [3.05, 3.63) is 60.2 Å². The van der Waals surface area contributed by atoms with Crippen molar-refractivity contribution in [1.29, 1.82) is 0 Å². The summed E-state index contributed by atoms with van der Waals surface area (Å²) in [5.41, 5.74) is -0.856. The van der Waals surface area contributed by atoms with E-state index in [1.54, 1.807) is 13.0 Å².